The summed E-state index contributed by atoms with van der Waals surface area (Å²) in [4.78, 5) is 11.6. The number of nitrogens with one attached hydrogen (secondary N) is 3. The Morgan fingerprint density at radius 1 is 1.06 bits per heavy atom. The average molecular weight is 239 g/mol. The minimum Gasteiger partial charge on any atom is -0.355 e. The number of hydrogen-bond acceptors (Lipinski definition) is 3. The molecule has 0 bridgehead atoms. The SMILES string of the molecule is O=C(NCCNC1CCCCCC1)C1CNC1. The Kier molecular flexibility index (Phi) is 5.26. The molecule has 2 fully saturated rings. The zero-order valence-corrected chi connectivity index (χ0v) is 10.6. The van der Waals surface area contributed by atoms with E-state index in [1.165, 1.54) is 38.5 Å². The largest absolute Gasteiger partial charge is 0.355 e. The van der Waals surface area contributed by atoms with E-state index in [2.05, 4.69) is 16.0 Å². The van der Waals surface area contributed by atoms with Crippen LogP contribution >= 0.6 is 0 Å². The van der Waals surface area contributed by atoms with Crippen molar-refractivity contribution in [1.82, 2.24) is 16.0 Å². The lowest BCUT2D eigenvalue weighted by molar-refractivity contribution is -0.126. The van der Waals surface area contributed by atoms with Crippen molar-refractivity contribution in [2.75, 3.05) is 26.2 Å². The van der Waals surface area contributed by atoms with Crippen LogP contribution in [0.5, 0.6) is 0 Å². The average Bonchev–Trinajstić information content (AvgIpc) is 2.50. The highest BCUT2D eigenvalue weighted by molar-refractivity contribution is 5.79. The lowest BCUT2D eigenvalue weighted by atomic mass is 10.0. The maximum Gasteiger partial charge on any atom is 0.225 e. The van der Waals surface area contributed by atoms with E-state index < -0.39 is 0 Å². The minimum absolute atomic E-state index is 0.214. The number of amides is 1. The Labute approximate surface area is 104 Å². The molecule has 1 heterocycles. The summed E-state index contributed by atoms with van der Waals surface area (Å²) in [6.07, 6.45) is 8.11. The first-order chi connectivity index (χ1) is 8.36. The van der Waals surface area contributed by atoms with Crippen LogP contribution in [0.4, 0.5) is 0 Å². The zero-order valence-electron chi connectivity index (χ0n) is 10.6. The second-order valence-electron chi connectivity index (χ2n) is 5.29. The zero-order chi connectivity index (χ0) is 11.9. The lowest BCUT2D eigenvalue weighted by Gasteiger charge is -2.26. The molecular weight excluding hydrogens is 214 g/mol. The predicted molar refractivity (Wildman–Crippen MR) is 68.9 cm³/mol. The normalized spacial score (nSPS) is 22.8. The monoisotopic (exact) mass is 239 g/mol. The van der Waals surface area contributed by atoms with Gasteiger partial charge in [0.2, 0.25) is 5.91 Å². The van der Waals surface area contributed by atoms with Crippen LogP contribution < -0.4 is 16.0 Å². The molecule has 17 heavy (non-hydrogen) atoms. The first-order valence-corrected chi connectivity index (χ1v) is 7.08. The van der Waals surface area contributed by atoms with E-state index in [9.17, 15) is 4.79 Å². The minimum atomic E-state index is 0.214. The Morgan fingerprint density at radius 2 is 1.76 bits per heavy atom. The van der Waals surface area contributed by atoms with E-state index in [0.717, 1.165) is 26.2 Å². The van der Waals surface area contributed by atoms with Crippen LogP contribution in [0.15, 0.2) is 0 Å². The molecule has 4 heteroatoms. The van der Waals surface area contributed by atoms with Crippen molar-refractivity contribution in [3.05, 3.63) is 0 Å². The summed E-state index contributed by atoms with van der Waals surface area (Å²) in [6.45, 7) is 3.38. The van der Waals surface area contributed by atoms with Gasteiger partial charge in [-0.3, -0.25) is 4.79 Å². The van der Waals surface area contributed by atoms with Gasteiger partial charge in [-0.25, -0.2) is 0 Å². The maximum atomic E-state index is 11.6. The van der Waals surface area contributed by atoms with Gasteiger partial charge in [0, 0.05) is 32.2 Å². The third kappa shape index (κ3) is 4.28. The summed E-state index contributed by atoms with van der Waals surface area (Å²) >= 11 is 0. The van der Waals surface area contributed by atoms with Gasteiger partial charge in [-0.15, -0.1) is 0 Å². The molecule has 0 spiro atoms. The van der Waals surface area contributed by atoms with Crippen LogP contribution in [0, 0.1) is 5.92 Å². The van der Waals surface area contributed by atoms with Gasteiger partial charge in [-0.05, 0) is 12.8 Å². The Balaban J connectivity index is 1.51. The van der Waals surface area contributed by atoms with E-state index in [-0.39, 0.29) is 11.8 Å². The summed E-state index contributed by atoms with van der Waals surface area (Å²) in [5, 5.41) is 9.67. The molecule has 1 saturated heterocycles. The number of rotatable bonds is 5. The van der Waals surface area contributed by atoms with Crippen molar-refractivity contribution in [2.45, 2.75) is 44.6 Å². The highest BCUT2D eigenvalue weighted by atomic mass is 16.2. The fourth-order valence-electron chi connectivity index (χ4n) is 2.56. The van der Waals surface area contributed by atoms with Crippen LogP contribution in [-0.4, -0.2) is 38.1 Å². The molecule has 3 N–H and O–H groups in total. The Bertz CT molecular complexity index is 233. The van der Waals surface area contributed by atoms with E-state index in [1.807, 2.05) is 0 Å². The van der Waals surface area contributed by atoms with Gasteiger partial charge in [0.05, 0.1) is 5.92 Å². The third-order valence-corrected chi connectivity index (χ3v) is 3.86. The second-order valence-corrected chi connectivity index (χ2v) is 5.29. The fourth-order valence-corrected chi connectivity index (χ4v) is 2.56. The summed E-state index contributed by atoms with van der Waals surface area (Å²) in [6, 6.07) is 0.680. The quantitative estimate of drug-likeness (QED) is 0.487. The smallest absolute Gasteiger partial charge is 0.225 e. The standard InChI is InChI=1S/C13H25N3O/c17-13(11-9-14-10-11)16-8-7-15-12-5-3-1-2-4-6-12/h11-12,14-15H,1-10H2,(H,16,17). The van der Waals surface area contributed by atoms with E-state index in [0.29, 0.717) is 6.04 Å². The van der Waals surface area contributed by atoms with Crippen LogP contribution in [0.25, 0.3) is 0 Å². The van der Waals surface area contributed by atoms with Gasteiger partial charge in [-0.2, -0.15) is 0 Å². The molecule has 0 aromatic heterocycles. The molecule has 0 atom stereocenters. The van der Waals surface area contributed by atoms with Gasteiger partial charge in [0.15, 0.2) is 0 Å². The highest BCUT2D eigenvalue weighted by Gasteiger charge is 2.24. The van der Waals surface area contributed by atoms with Crippen LogP contribution in [0.2, 0.25) is 0 Å². The maximum absolute atomic E-state index is 11.6. The van der Waals surface area contributed by atoms with Gasteiger partial charge in [0.1, 0.15) is 0 Å². The number of hydrogen-bond donors (Lipinski definition) is 3. The Morgan fingerprint density at radius 3 is 2.35 bits per heavy atom. The van der Waals surface area contributed by atoms with Crippen molar-refractivity contribution in [2.24, 2.45) is 5.92 Å². The molecule has 1 saturated carbocycles. The molecule has 2 rings (SSSR count). The van der Waals surface area contributed by atoms with Gasteiger partial charge in [0.25, 0.3) is 0 Å². The summed E-state index contributed by atoms with van der Waals surface area (Å²) < 4.78 is 0. The summed E-state index contributed by atoms with van der Waals surface area (Å²) in [5.74, 6) is 0.430. The molecule has 1 amide bonds. The van der Waals surface area contributed by atoms with Crippen molar-refractivity contribution in [3.63, 3.8) is 0 Å². The lowest BCUT2D eigenvalue weighted by Crippen LogP contribution is -2.51. The van der Waals surface area contributed by atoms with Gasteiger partial charge in [-0.1, -0.05) is 25.7 Å². The first-order valence-electron chi connectivity index (χ1n) is 7.08. The first kappa shape index (κ1) is 12.8. The predicted octanol–water partition coefficient (Wildman–Crippen LogP) is 0.634. The second kappa shape index (κ2) is 6.97. The molecule has 1 aliphatic heterocycles. The topological polar surface area (TPSA) is 53.2 Å². The van der Waals surface area contributed by atoms with Gasteiger partial charge < -0.3 is 16.0 Å². The summed E-state index contributed by atoms with van der Waals surface area (Å²) in [5.41, 5.74) is 0. The van der Waals surface area contributed by atoms with Crippen molar-refractivity contribution >= 4 is 5.91 Å². The van der Waals surface area contributed by atoms with Crippen molar-refractivity contribution in [1.29, 1.82) is 0 Å². The van der Waals surface area contributed by atoms with Gasteiger partial charge >= 0.3 is 0 Å². The van der Waals surface area contributed by atoms with E-state index in [1.54, 1.807) is 0 Å². The number of carbonyl (C=O) groups excluding carboxylic acids is 1. The van der Waals surface area contributed by atoms with E-state index >= 15 is 0 Å². The van der Waals surface area contributed by atoms with E-state index in [4.69, 9.17) is 0 Å². The third-order valence-electron chi connectivity index (χ3n) is 3.86. The molecule has 0 aromatic carbocycles. The molecule has 0 unspecified atom stereocenters. The molecule has 4 nitrogen and oxygen atoms in total. The van der Waals surface area contributed by atoms with Crippen molar-refractivity contribution < 1.29 is 4.79 Å². The number of carbonyl (C=O) groups is 1. The molecule has 0 aromatic rings. The van der Waals surface area contributed by atoms with Crippen LogP contribution in [0.1, 0.15) is 38.5 Å². The summed E-state index contributed by atoms with van der Waals surface area (Å²) in [7, 11) is 0. The van der Waals surface area contributed by atoms with Crippen molar-refractivity contribution in [3.8, 4) is 0 Å². The molecule has 1 aliphatic carbocycles. The highest BCUT2D eigenvalue weighted by Crippen LogP contribution is 2.16. The molecule has 0 radical (unpaired) electrons. The fraction of sp³-hybridized carbons (Fsp3) is 0.923. The van der Waals surface area contributed by atoms with Crippen LogP contribution in [-0.2, 0) is 4.79 Å². The molecular formula is C13H25N3O. The molecule has 98 valence electrons. The van der Waals surface area contributed by atoms with Crippen LogP contribution in [0.3, 0.4) is 0 Å². The Hall–Kier alpha value is -0.610. The molecule has 2 aliphatic rings.